The van der Waals surface area contributed by atoms with E-state index in [1.807, 2.05) is 0 Å². The molecule has 2 N–H and O–H groups in total. The molecule has 3 rings (SSSR count). The number of benzene rings is 2. The number of nitro groups is 1. The number of fused-ring (bicyclic) bond motifs is 1. The van der Waals surface area contributed by atoms with Gasteiger partial charge in [-0.1, -0.05) is 0 Å². The van der Waals surface area contributed by atoms with Crippen molar-refractivity contribution in [2.45, 2.75) is 0 Å². The topological polar surface area (TPSA) is 120 Å². The second-order valence-corrected chi connectivity index (χ2v) is 4.90. The number of nitro benzene ring substituents is 1. The molecule has 0 spiro atoms. The van der Waals surface area contributed by atoms with Crippen LogP contribution in [-0.4, -0.2) is 23.5 Å². The summed E-state index contributed by atoms with van der Waals surface area (Å²) in [7, 11) is 0. The summed E-state index contributed by atoms with van der Waals surface area (Å²) in [6.45, 7) is 0.0560. The van der Waals surface area contributed by atoms with E-state index < -0.39 is 28.2 Å². The first-order chi connectivity index (χ1) is 12.0. The van der Waals surface area contributed by atoms with Gasteiger partial charge in [0, 0.05) is 17.2 Å². The van der Waals surface area contributed by atoms with E-state index >= 15 is 0 Å². The second-order valence-electron chi connectivity index (χ2n) is 4.90. The van der Waals surface area contributed by atoms with Gasteiger partial charge in [0.15, 0.2) is 11.5 Å². The summed E-state index contributed by atoms with van der Waals surface area (Å²) in [5.74, 6) is -1.64. The van der Waals surface area contributed by atoms with Crippen LogP contribution in [0.5, 0.6) is 11.5 Å². The molecule has 0 atom stereocenters. The number of hydrogen-bond acceptors (Lipinski definition) is 6. The lowest BCUT2D eigenvalue weighted by Crippen LogP contribution is -2.41. The highest BCUT2D eigenvalue weighted by molar-refractivity contribution is 5.99. The summed E-state index contributed by atoms with van der Waals surface area (Å²) in [6.07, 6.45) is 0. The molecule has 0 bridgehead atoms. The highest BCUT2D eigenvalue weighted by Gasteiger charge is 2.19. The van der Waals surface area contributed by atoms with Crippen LogP contribution in [-0.2, 0) is 0 Å². The van der Waals surface area contributed by atoms with Crippen LogP contribution in [0.1, 0.15) is 20.7 Å². The molecule has 10 heteroatoms. The highest BCUT2D eigenvalue weighted by atomic mass is 19.1. The molecule has 0 radical (unpaired) electrons. The first-order valence-electron chi connectivity index (χ1n) is 6.90. The molecular weight excluding hydrogens is 337 g/mol. The molecule has 0 saturated carbocycles. The van der Waals surface area contributed by atoms with Crippen molar-refractivity contribution >= 4 is 17.5 Å². The zero-order chi connectivity index (χ0) is 18.0. The molecule has 2 aromatic rings. The summed E-state index contributed by atoms with van der Waals surface area (Å²) in [5.41, 5.74) is 3.43. The van der Waals surface area contributed by atoms with Crippen LogP contribution >= 0.6 is 0 Å². The van der Waals surface area contributed by atoms with E-state index in [0.29, 0.717) is 11.5 Å². The van der Waals surface area contributed by atoms with Gasteiger partial charge in [0.1, 0.15) is 0 Å². The third-order valence-corrected chi connectivity index (χ3v) is 3.33. The zero-order valence-corrected chi connectivity index (χ0v) is 12.4. The Morgan fingerprint density at radius 3 is 2.28 bits per heavy atom. The van der Waals surface area contributed by atoms with Crippen molar-refractivity contribution in [1.82, 2.24) is 10.9 Å². The SMILES string of the molecule is O=C(NNC(=O)c1ccc(F)c([N+](=O)[O-])c1)c1ccc2c(c1)OCO2. The van der Waals surface area contributed by atoms with Crippen LogP contribution in [0.4, 0.5) is 10.1 Å². The van der Waals surface area contributed by atoms with Crippen molar-refractivity contribution in [3.8, 4) is 11.5 Å². The Kier molecular flexibility index (Phi) is 4.16. The van der Waals surface area contributed by atoms with Gasteiger partial charge in [-0.15, -0.1) is 0 Å². The summed E-state index contributed by atoms with van der Waals surface area (Å²) in [4.78, 5) is 33.7. The summed E-state index contributed by atoms with van der Waals surface area (Å²) >= 11 is 0. The Balaban J connectivity index is 1.67. The largest absolute Gasteiger partial charge is 0.454 e. The number of carbonyl (C=O) groups is 2. The third kappa shape index (κ3) is 3.32. The first-order valence-corrected chi connectivity index (χ1v) is 6.90. The fraction of sp³-hybridized carbons (Fsp3) is 0.0667. The highest BCUT2D eigenvalue weighted by Crippen LogP contribution is 2.32. The number of hydrogen-bond donors (Lipinski definition) is 2. The molecule has 2 aromatic carbocycles. The first kappa shape index (κ1) is 16.2. The fourth-order valence-corrected chi connectivity index (χ4v) is 2.09. The minimum absolute atomic E-state index is 0.0560. The van der Waals surface area contributed by atoms with E-state index in [-0.39, 0.29) is 17.9 Å². The van der Waals surface area contributed by atoms with Gasteiger partial charge in [0.2, 0.25) is 12.6 Å². The Morgan fingerprint density at radius 1 is 1.00 bits per heavy atom. The number of carbonyl (C=O) groups excluding carboxylic acids is 2. The van der Waals surface area contributed by atoms with Gasteiger partial charge in [0.05, 0.1) is 4.92 Å². The minimum atomic E-state index is -1.06. The average Bonchev–Trinajstić information content (AvgIpc) is 3.07. The van der Waals surface area contributed by atoms with Gasteiger partial charge in [-0.25, -0.2) is 0 Å². The van der Waals surface area contributed by atoms with Crippen LogP contribution in [0.2, 0.25) is 0 Å². The predicted octanol–water partition coefficient (Wildman–Crippen LogP) is 1.54. The Hall–Kier alpha value is -3.69. The number of rotatable bonds is 3. The van der Waals surface area contributed by atoms with E-state index in [0.717, 1.165) is 18.2 Å². The summed E-state index contributed by atoms with van der Waals surface area (Å²) < 4.78 is 23.5. The normalized spacial score (nSPS) is 11.7. The minimum Gasteiger partial charge on any atom is -0.454 e. The molecule has 0 aliphatic carbocycles. The van der Waals surface area contributed by atoms with Gasteiger partial charge in [-0.2, -0.15) is 4.39 Å². The van der Waals surface area contributed by atoms with Gasteiger partial charge >= 0.3 is 5.69 Å². The molecule has 1 aliphatic rings. The molecule has 9 nitrogen and oxygen atoms in total. The molecule has 1 heterocycles. The van der Waals surface area contributed by atoms with Crippen molar-refractivity contribution in [2.24, 2.45) is 0 Å². The van der Waals surface area contributed by atoms with Crippen LogP contribution < -0.4 is 20.3 Å². The van der Waals surface area contributed by atoms with Crippen molar-refractivity contribution in [1.29, 1.82) is 0 Å². The van der Waals surface area contributed by atoms with E-state index in [1.54, 1.807) is 6.07 Å². The molecular formula is C15H10FN3O6. The number of nitrogens with one attached hydrogen (secondary N) is 2. The lowest BCUT2D eigenvalue weighted by Gasteiger charge is -2.08. The van der Waals surface area contributed by atoms with E-state index in [9.17, 15) is 24.1 Å². The van der Waals surface area contributed by atoms with Gasteiger partial charge in [-0.05, 0) is 30.3 Å². The lowest BCUT2D eigenvalue weighted by atomic mass is 10.2. The van der Waals surface area contributed by atoms with Crippen LogP contribution in [0, 0.1) is 15.9 Å². The van der Waals surface area contributed by atoms with Crippen LogP contribution in [0.15, 0.2) is 36.4 Å². The smallest absolute Gasteiger partial charge is 0.305 e. The maximum atomic E-state index is 13.3. The molecule has 1 aliphatic heterocycles. The molecule has 0 aromatic heterocycles. The van der Waals surface area contributed by atoms with Crippen molar-refractivity contribution < 1.29 is 28.4 Å². The standard InChI is InChI=1S/C15H10FN3O6/c16-10-3-1-8(5-11(10)19(22)23)14(20)17-18-15(21)9-2-4-12-13(6-9)25-7-24-12/h1-6H,7H2,(H,17,20)(H,18,21). The Bertz CT molecular complexity index is 886. The molecule has 128 valence electrons. The van der Waals surface area contributed by atoms with Crippen molar-refractivity contribution in [3.63, 3.8) is 0 Å². The molecule has 0 fully saturated rings. The quantitative estimate of drug-likeness (QED) is 0.642. The van der Waals surface area contributed by atoms with Gasteiger partial charge < -0.3 is 9.47 Å². The second kappa shape index (κ2) is 6.43. The number of halogens is 1. The molecule has 0 saturated heterocycles. The van der Waals surface area contributed by atoms with Gasteiger partial charge in [0.25, 0.3) is 11.8 Å². The van der Waals surface area contributed by atoms with Crippen molar-refractivity contribution in [3.05, 3.63) is 63.5 Å². The zero-order valence-electron chi connectivity index (χ0n) is 12.4. The van der Waals surface area contributed by atoms with E-state index in [2.05, 4.69) is 10.9 Å². The van der Waals surface area contributed by atoms with E-state index in [4.69, 9.17) is 9.47 Å². The van der Waals surface area contributed by atoms with Crippen molar-refractivity contribution in [2.75, 3.05) is 6.79 Å². The number of amides is 2. The molecule has 25 heavy (non-hydrogen) atoms. The molecule has 2 amide bonds. The average molecular weight is 347 g/mol. The monoisotopic (exact) mass is 347 g/mol. The van der Waals surface area contributed by atoms with Crippen LogP contribution in [0.25, 0.3) is 0 Å². The maximum Gasteiger partial charge on any atom is 0.305 e. The van der Waals surface area contributed by atoms with E-state index in [1.165, 1.54) is 12.1 Å². The molecule has 0 unspecified atom stereocenters. The maximum absolute atomic E-state index is 13.3. The Labute approximate surface area is 139 Å². The fourth-order valence-electron chi connectivity index (χ4n) is 2.09. The summed E-state index contributed by atoms with van der Waals surface area (Å²) in [6, 6.07) is 7.08. The number of nitrogens with zero attached hydrogens (tertiary/aromatic N) is 1. The number of ether oxygens (including phenoxy) is 2. The summed E-state index contributed by atoms with van der Waals surface area (Å²) in [5, 5.41) is 10.7. The predicted molar refractivity (Wildman–Crippen MR) is 80.6 cm³/mol. The third-order valence-electron chi connectivity index (χ3n) is 3.33. The van der Waals surface area contributed by atoms with Gasteiger partial charge in [-0.3, -0.25) is 30.6 Å². The lowest BCUT2D eigenvalue weighted by molar-refractivity contribution is -0.387. The van der Waals surface area contributed by atoms with Crippen LogP contribution in [0.3, 0.4) is 0 Å². The number of hydrazine groups is 1. The Morgan fingerprint density at radius 2 is 1.60 bits per heavy atom.